The van der Waals surface area contributed by atoms with Crippen LogP contribution in [0.2, 0.25) is 0 Å². The Morgan fingerprint density at radius 2 is 1.73 bits per heavy atom. The minimum absolute atomic E-state index is 0.0605. The minimum Gasteiger partial charge on any atom is -0.349 e. The maximum absolute atomic E-state index is 12.8. The highest BCUT2D eigenvalue weighted by atomic mass is 16.2. The van der Waals surface area contributed by atoms with E-state index < -0.39 is 0 Å². The molecule has 1 atom stereocenters. The van der Waals surface area contributed by atoms with Crippen molar-refractivity contribution in [1.29, 1.82) is 0 Å². The van der Waals surface area contributed by atoms with E-state index in [-0.39, 0.29) is 17.5 Å². The van der Waals surface area contributed by atoms with Crippen LogP contribution in [0.25, 0.3) is 0 Å². The van der Waals surface area contributed by atoms with E-state index in [2.05, 4.69) is 23.7 Å². The SMILES string of the molecule is C=C(C)CN(CC)C(C)C(=O)NC12CC3CC(CC(C3)C1)C2. The van der Waals surface area contributed by atoms with Gasteiger partial charge in [0.25, 0.3) is 0 Å². The van der Waals surface area contributed by atoms with E-state index >= 15 is 0 Å². The van der Waals surface area contributed by atoms with E-state index in [1.165, 1.54) is 38.5 Å². The Morgan fingerprint density at radius 1 is 1.23 bits per heavy atom. The number of rotatable bonds is 6. The molecule has 4 fully saturated rings. The molecule has 4 saturated carbocycles. The van der Waals surface area contributed by atoms with Crippen LogP contribution in [-0.4, -0.2) is 35.5 Å². The zero-order chi connectivity index (χ0) is 15.9. The number of nitrogens with zero attached hydrogens (tertiary/aromatic N) is 1. The summed E-state index contributed by atoms with van der Waals surface area (Å²) in [6, 6.07) is -0.0605. The maximum atomic E-state index is 12.8. The van der Waals surface area contributed by atoms with Crippen molar-refractivity contribution in [2.24, 2.45) is 17.8 Å². The molecule has 22 heavy (non-hydrogen) atoms. The summed E-state index contributed by atoms with van der Waals surface area (Å²) in [7, 11) is 0. The summed E-state index contributed by atoms with van der Waals surface area (Å²) in [4.78, 5) is 15.0. The fourth-order valence-corrected chi connectivity index (χ4v) is 5.66. The molecule has 1 amide bonds. The van der Waals surface area contributed by atoms with Gasteiger partial charge < -0.3 is 5.32 Å². The Hall–Kier alpha value is -0.830. The predicted molar refractivity (Wildman–Crippen MR) is 90.6 cm³/mol. The average Bonchev–Trinajstić information content (AvgIpc) is 2.41. The van der Waals surface area contributed by atoms with Gasteiger partial charge in [-0.15, -0.1) is 0 Å². The first kappa shape index (κ1) is 16.0. The van der Waals surface area contributed by atoms with Gasteiger partial charge in [-0.05, 0) is 76.7 Å². The monoisotopic (exact) mass is 304 g/mol. The summed E-state index contributed by atoms with van der Waals surface area (Å²) >= 11 is 0. The highest BCUT2D eigenvalue weighted by molar-refractivity contribution is 5.82. The molecule has 0 aromatic rings. The second kappa shape index (κ2) is 5.99. The fourth-order valence-electron chi connectivity index (χ4n) is 5.66. The predicted octanol–water partition coefficient (Wildman–Crippen LogP) is 3.36. The molecule has 4 aliphatic carbocycles. The molecule has 124 valence electrons. The van der Waals surface area contributed by atoms with Gasteiger partial charge in [0, 0.05) is 12.1 Å². The summed E-state index contributed by atoms with van der Waals surface area (Å²) in [5, 5.41) is 3.50. The van der Waals surface area contributed by atoms with Crippen LogP contribution in [0.4, 0.5) is 0 Å². The van der Waals surface area contributed by atoms with Crippen molar-refractivity contribution in [3.63, 3.8) is 0 Å². The van der Waals surface area contributed by atoms with Gasteiger partial charge >= 0.3 is 0 Å². The molecule has 4 aliphatic rings. The number of likely N-dealkylation sites (N-methyl/N-ethyl adjacent to an activating group) is 1. The molecule has 0 aromatic heterocycles. The average molecular weight is 304 g/mol. The highest BCUT2D eigenvalue weighted by Crippen LogP contribution is 2.55. The van der Waals surface area contributed by atoms with Gasteiger partial charge in [0.15, 0.2) is 0 Å². The number of hydrogen-bond acceptors (Lipinski definition) is 2. The Kier molecular flexibility index (Phi) is 4.37. The Morgan fingerprint density at radius 3 is 2.14 bits per heavy atom. The lowest BCUT2D eigenvalue weighted by atomic mass is 9.53. The fraction of sp³-hybridized carbons (Fsp3) is 0.842. The van der Waals surface area contributed by atoms with Crippen molar-refractivity contribution in [3.05, 3.63) is 12.2 Å². The molecular weight excluding hydrogens is 272 g/mol. The van der Waals surface area contributed by atoms with Crippen molar-refractivity contribution in [2.75, 3.05) is 13.1 Å². The van der Waals surface area contributed by atoms with Crippen LogP contribution >= 0.6 is 0 Å². The van der Waals surface area contributed by atoms with Crippen LogP contribution in [0.5, 0.6) is 0 Å². The molecule has 0 aliphatic heterocycles. The second-order valence-electron chi connectivity index (χ2n) is 8.38. The third-order valence-corrected chi connectivity index (χ3v) is 6.23. The van der Waals surface area contributed by atoms with Crippen molar-refractivity contribution >= 4 is 5.91 Å². The summed E-state index contributed by atoms with van der Waals surface area (Å²) < 4.78 is 0. The summed E-state index contributed by atoms with van der Waals surface area (Å²) in [6.45, 7) is 11.9. The molecule has 0 saturated heterocycles. The molecule has 3 nitrogen and oxygen atoms in total. The van der Waals surface area contributed by atoms with Gasteiger partial charge in [0.1, 0.15) is 0 Å². The second-order valence-corrected chi connectivity index (χ2v) is 8.38. The molecule has 0 radical (unpaired) electrons. The van der Waals surface area contributed by atoms with Gasteiger partial charge in [-0.1, -0.05) is 19.1 Å². The minimum atomic E-state index is -0.0605. The lowest BCUT2D eigenvalue weighted by Gasteiger charge is -2.57. The standard InChI is InChI=1S/C19H32N2O/c1-5-21(12-13(2)3)14(4)18(22)20-19-9-15-6-16(10-19)8-17(7-15)11-19/h14-17H,2,5-12H2,1,3-4H3,(H,20,22). The number of hydrogen-bond donors (Lipinski definition) is 1. The third kappa shape index (κ3) is 3.10. The molecule has 3 heteroatoms. The summed E-state index contributed by atoms with van der Waals surface area (Å²) in [5.74, 6) is 2.85. The topological polar surface area (TPSA) is 32.3 Å². The number of carbonyl (C=O) groups is 1. The van der Waals surface area contributed by atoms with Crippen LogP contribution in [0.1, 0.15) is 59.3 Å². The molecule has 0 heterocycles. The van der Waals surface area contributed by atoms with Gasteiger partial charge in [0.2, 0.25) is 5.91 Å². The van der Waals surface area contributed by atoms with E-state index in [1.807, 2.05) is 13.8 Å². The maximum Gasteiger partial charge on any atom is 0.237 e. The highest BCUT2D eigenvalue weighted by Gasteiger charge is 2.51. The molecule has 1 N–H and O–H groups in total. The summed E-state index contributed by atoms with van der Waals surface area (Å²) in [5.41, 5.74) is 1.25. The Labute approximate surface area is 135 Å². The van der Waals surface area contributed by atoms with Gasteiger partial charge in [0.05, 0.1) is 6.04 Å². The van der Waals surface area contributed by atoms with E-state index in [0.717, 1.165) is 36.4 Å². The number of amides is 1. The molecular formula is C19H32N2O. The van der Waals surface area contributed by atoms with E-state index in [0.29, 0.717) is 0 Å². The zero-order valence-corrected chi connectivity index (χ0v) is 14.5. The molecule has 1 unspecified atom stereocenters. The van der Waals surface area contributed by atoms with Crippen molar-refractivity contribution in [2.45, 2.75) is 70.9 Å². The van der Waals surface area contributed by atoms with E-state index in [4.69, 9.17) is 0 Å². The van der Waals surface area contributed by atoms with Gasteiger partial charge in [-0.2, -0.15) is 0 Å². The van der Waals surface area contributed by atoms with Gasteiger partial charge in [-0.25, -0.2) is 0 Å². The smallest absolute Gasteiger partial charge is 0.237 e. The Balaban J connectivity index is 1.64. The van der Waals surface area contributed by atoms with Crippen LogP contribution in [-0.2, 0) is 4.79 Å². The molecule has 0 spiro atoms. The zero-order valence-electron chi connectivity index (χ0n) is 14.5. The van der Waals surface area contributed by atoms with Crippen LogP contribution < -0.4 is 5.32 Å². The van der Waals surface area contributed by atoms with Crippen LogP contribution in [0.15, 0.2) is 12.2 Å². The molecule has 4 rings (SSSR count). The van der Waals surface area contributed by atoms with E-state index in [1.54, 1.807) is 0 Å². The van der Waals surface area contributed by atoms with Crippen molar-refractivity contribution in [1.82, 2.24) is 10.2 Å². The lowest BCUT2D eigenvalue weighted by Crippen LogP contribution is -2.62. The largest absolute Gasteiger partial charge is 0.349 e. The normalized spacial score (nSPS) is 37.4. The first-order valence-corrected chi connectivity index (χ1v) is 9.11. The number of carbonyl (C=O) groups excluding carboxylic acids is 1. The lowest BCUT2D eigenvalue weighted by molar-refractivity contribution is -0.131. The van der Waals surface area contributed by atoms with E-state index in [9.17, 15) is 4.79 Å². The van der Waals surface area contributed by atoms with Crippen molar-refractivity contribution < 1.29 is 4.79 Å². The number of nitrogens with one attached hydrogen (secondary N) is 1. The molecule has 4 bridgehead atoms. The van der Waals surface area contributed by atoms with Crippen molar-refractivity contribution in [3.8, 4) is 0 Å². The first-order valence-electron chi connectivity index (χ1n) is 9.11. The summed E-state index contributed by atoms with van der Waals surface area (Å²) in [6.07, 6.45) is 7.93. The van der Waals surface area contributed by atoms with Gasteiger partial charge in [-0.3, -0.25) is 9.69 Å². The Bertz CT molecular complexity index is 421. The van der Waals surface area contributed by atoms with Crippen LogP contribution in [0.3, 0.4) is 0 Å². The molecule has 0 aromatic carbocycles. The third-order valence-electron chi connectivity index (χ3n) is 6.23. The van der Waals surface area contributed by atoms with Crippen LogP contribution in [0, 0.1) is 17.8 Å². The quantitative estimate of drug-likeness (QED) is 0.763. The first-order chi connectivity index (χ1) is 10.4.